The maximum atomic E-state index is 5.71. The second-order valence-electron chi connectivity index (χ2n) is 5.91. The fourth-order valence-corrected chi connectivity index (χ4v) is 3.68. The first-order valence-corrected chi connectivity index (χ1v) is 8.02. The van der Waals surface area contributed by atoms with Gasteiger partial charge in [0.15, 0.2) is 0 Å². The molecule has 0 aromatic carbocycles. The largest absolute Gasteiger partial charge is 0.246 e. The minimum Gasteiger partial charge on any atom is -0.246 e. The lowest BCUT2D eigenvalue weighted by molar-refractivity contribution is 0.224. The van der Waals surface area contributed by atoms with Gasteiger partial charge >= 0.3 is 0 Å². The highest BCUT2D eigenvalue weighted by atomic mass is 35.5. The van der Waals surface area contributed by atoms with Gasteiger partial charge in [0.2, 0.25) is 0 Å². The molecule has 1 aliphatic rings. The molecule has 0 saturated heterocycles. The van der Waals surface area contributed by atoms with E-state index in [9.17, 15) is 0 Å². The zero-order chi connectivity index (χ0) is 12.3. The van der Waals surface area contributed by atoms with E-state index in [2.05, 4.69) is 19.2 Å². The second-order valence-corrected chi connectivity index (χ2v) is 7.18. The van der Waals surface area contributed by atoms with E-state index in [0.29, 0.717) is 5.41 Å². The third-order valence-electron chi connectivity index (χ3n) is 3.82. The molecule has 96 valence electrons. The summed E-state index contributed by atoms with van der Waals surface area (Å²) in [6.07, 6.45) is 7.40. The summed E-state index contributed by atoms with van der Waals surface area (Å²) < 4.78 is 0. The van der Waals surface area contributed by atoms with Gasteiger partial charge in [-0.1, -0.05) is 13.8 Å². The Morgan fingerprint density at radius 3 is 2.76 bits per heavy atom. The third kappa shape index (κ3) is 3.69. The summed E-state index contributed by atoms with van der Waals surface area (Å²) in [6, 6.07) is 0. The molecular weight excluding hydrogens is 250 g/mol. The molecular formula is C14H22ClNS. The van der Waals surface area contributed by atoms with Crippen LogP contribution in [-0.2, 0) is 6.42 Å². The van der Waals surface area contributed by atoms with Gasteiger partial charge in [0.25, 0.3) is 0 Å². The van der Waals surface area contributed by atoms with E-state index in [-0.39, 0.29) is 0 Å². The third-order valence-corrected chi connectivity index (χ3v) is 5.15. The number of thiazole rings is 1. The van der Waals surface area contributed by atoms with Crippen molar-refractivity contribution < 1.29 is 0 Å². The minimum absolute atomic E-state index is 0.551. The van der Waals surface area contributed by atoms with Crippen molar-refractivity contribution in [1.29, 1.82) is 0 Å². The Kier molecular flexibility index (Phi) is 4.48. The van der Waals surface area contributed by atoms with Gasteiger partial charge < -0.3 is 0 Å². The smallest absolute Gasteiger partial charge is 0.0959 e. The Morgan fingerprint density at radius 1 is 1.41 bits per heavy atom. The predicted octanol–water partition coefficient (Wildman–Crippen LogP) is 5.00. The number of rotatable bonds is 4. The fraction of sp³-hybridized carbons (Fsp3) is 0.786. The maximum Gasteiger partial charge on any atom is 0.0959 e. The van der Waals surface area contributed by atoms with E-state index < -0.39 is 0 Å². The molecule has 1 aromatic rings. The van der Waals surface area contributed by atoms with Crippen molar-refractivity contribution in [3.05, 3.63) is 16.1 Å². The Labute approximate surface area is 114 Å². The van der Waals surface area contributed by atoms with E-state index in [1.54, 1.807) is 0 Å². The molecule has 0 aliphatic heterocycles. The lowest BCUT2D eigenvalue weighted by Gasteiger charge is -2.33. The van der Waals surface area contributed by atoms with Gasteiger partial charge in [-0.15, -0.1) is 22.9 Å². The van der Waals surface area contributed by atoms with E-state index in [4.69, 9.17) is 16.6 Å². The van der Waals surface area contributed by atoms with Gasteiger partial charge in [0.05, 0.1) is 10.7 Å². The number of aryl methyl sites for hydroxylation is 1. The maximum absolute atomic E-state index is 5.71. The molecule has 0 unspecified atom stereocenters. The molecule has 1 aromatic heterocycles. The Hall–Kier alpha value is -0.0800. The molecule has 1 aliphatic carbocycles. The second kappa shape index (κ2) is 5.71. The van der Waals surface area contributed by atoms with Crippen LogP contribution in [0.25, 0.3) is 0 Å². The number of aromatic nitrogens is 1. The number of nitrogens with zero attached hydrogens (tertiary/aromatic N) is 1. The van der Waals surface area contributed by atoms with Crippen LogP contribution in [0.2, 0.25) is 0 Å². The van der Waals surface area contributed by atoms with Gasteiger partial charge in [-0.05, 0) is 43.9 Å². The normalized spacial score (nSPS) is 20.6. The van der Waals surface area contributed by atoms with Gasteiger partial charge in [-0.25, -0.2) is 4.98 Å². The SMILES string of the molecule is CC1(C)CCC(c2nc(CCCCl)cs2)CC1. The summed E-state index contributed by atoms with van der Waals surface area (Å²) in [7, 11) is 0. The topological polar surface area (TPSA) is 12.9 Å². The number of hydrogen-bond acceptors (Lipinski definition) is 2. The zero-order valence-corrected chi connectivity index (χ0v) is 12.4. The van der Waals surface area contributed by atoms with Crippen molar-refractivity contribution in [2.24, 2.45) is 5.41 Å². The molecule has 0 radical (unpaired) electrons. The standard InChI is InChI=1S/C14H22ClNS/c1-14(2)7-5-11(6-8-14)13-16-12(10-17-13)4-3-9-15/h10-11H,3-9H2,1-2H3. The van der Waals surface area contributed by atoms with Crippen LogP contribution in [-0.4, -0.2) is 10.9 Å². The molecule has 1 saturated carbocycles. The average Bonchev–Trinajstić information content (AvgIpc) is 2.75. The van der Waals surface area contributed by atoms with Crippen molar-refractivity contribution in [2.45, 2.75) is 58.3 Å². The quantitative estimate of drug-likeness (QED) is 0.703. The first-order chi connectivity index (χ1) is 8.11. The molecule has 1 fully saturated rings. The summed E-state index contributed by atoms with van der Waals surface area (Å²) in [4.78, 5) is 4.78. The molecule has 0 amide bonds. The van der Waals surface area contributed by atoms with Crippen LogP contribution < -0.4 is 0 Å². The molecule has 17 heavy (non-hydrogen) atoms. The van der Waals surface area contributed by atoms with Crippen LogP contribution in [0.1, 0.15) is 62.6 Å². The van der Waals surface area contributed by atoms with E-state index >= 15 is 0 Å². The Morgan fingerprint density at radius 2 is 2.12 bits per heavy atom. The highest BCUT2D eigenvalue weighted by Gasteiger charge is 2.28. The first-order valence-electron chi connectivity index (χ1n) is 6.61. The molecule has 0 bridgehead atoms. The van der Waals surface area contributed by atoms with Gasteiger partial charge in [-0.3, -0.25) is 0 Å². The van der Waals surface area contributed by atoms with Crippen LogP contribution >= 0.6 is 22.9 Å². The molecule has 0 spiro atoms. The fourth-order valence-electron chi connectivity index (χ4n) is 2.52. The van der Waals surface area contributed by atoms with Gasteiger partial charge in [0, 0.05) is 17.2 Å². The van der Waals surface area contributed by atoms with Crippen molar-refractivity contribution in [3.63, 3.8) is 0 Å². The summed E-state index contributed by atoms with van der Waals surface area (Å²) in [5.41, 5.74) is 1.80. The lowest BCUT2D eigenvalue weighted by Crippen LogP contribution is -2.20. The summed E-state index contributed by atoms with van der Waals surface area (Å²) in [6.45, 7) is 4.77. The van der Waals surface area contributed by atoms with Crippen LogP contribution in [0.15, 0.2) is 5.38 Å². The van der Waals surface area contributed by atoms with E-state index in [0.717, 1.165) is 24.6 Å². The van der Waals surface area contributed by atoms with Gasteiger partial charge in [-0.2, -0.15) is 0 Å². The minimum atomic E-state index is 0.551. The average molecular weight is 272 g/mol. The first kappa shape index (κ1) is 13.4. The molecule has 1 nitrogen and oxygen atoms in total. The summed E-state index contributed by atoms with van der Waals surface area (Å²) >= 11 is 7.57. The van der Waals surface area contributed by atoms with E-state index in [1.807, 2.05) is 11.3 Å². The lowest BCUT2D eigenvalue weighted by atomic mass is 9.73. The van der Waals surface area contributed by atoms with Crippen molar-refractivity contribution in [3.8, 4) is 0 Å². The number of alkyl halides is 1. The van der Waals surface area contributed by atoms with Crippen LogP contribution in [0, 0.1) is 5.41 Å². The predicted molar refractivity (Wildman–Crippen MR) is 76.1 cm³/mol. The zero-order valence-electron chi connectivity index (χ0n) is 10.8. The molecule has 0 N–H and O–H groups in total. The van der Waals surface area contributed by atoms with Crippen molar-refractivity contribution in [2.75, 3.05) is 5.88 Å². The Bertz CT molecular complexity index is 349. The molecule has 0 atom stereocenters. The monoisotopic (exact) mass is 271 g/mol. The van der Waals surface area contributed by atoms with Crippen LogP contribution in [0.4, 0.5) is 0 Å². The highest BCUT2D eigenvalue weighted by molar-refractivity contribution is 7.09. The Balaban J connectivity index is 1.92. The summed E-state index contributed by atoms with van der Waals surface area (Å²) in [5, 5.41) is 3.59. The van der Waals surface area contributed by atoms with Gasteiger partial charge in [0.1, 0.15) is 0 Å². The van der Waals surface area contributed by atoms with Crippen molar-refractivity contribution in [1.82, 2.24) is 4.98 Å². The molecule has 2 rings (SSSR count). The highest BCUT2D eigenvalue weighted by Crippen LogP contribution is 2.43. The number of hydrogen-bond donors (Lipinski definition) is 0. The van der Waals surface area contributed by atoms with Crippen LogP contribution in [0.5, 0.6) is 0 Å². The summed E-state index contributed by atoms with van der Waals surface area (Å²) in [5.74, 6) is 1.46. The van der Waals surface area contributed by atoms with Crippen LogP contribution in [0.3, 0.4) is 0 Å². The molecule has 1 heterocycles. The van der Waals surface area contributed by atoms with E-state index in [1.165, 1.54) is 36.4 Å². The molecule has 3 heteroatoms. The van der Waals surface area contributed by atoms with Crippen molar-refractivity contribution >= 4 is 22.9 Å². The number of halogens is 1.